The second-order valence-electron chi connectivity index (χ2n) is 10.6. The van der Waals surface area contributed by atoms with Gasteiger partial charge in [0.05, 0.1) is 18.6 Å². The number of hydrogen-bond donors (Lipinski definition) is 1. The van der Waals surface area contributed by atoms with Crippen LogP contribution in [0.1, 0.15) is 30.4 Å². The van der Waals surface area contributed by atoms with Gasteiger partial charge in [0.25, 0.3) is 0 Å². The molecule has 1 saturated heterocycles. The van der Waals surface area contributed by atoms with E-state index in [2.05, 4.69) is 11.9 Å². The number of esters is 1. The number of nitrogens with one attached hydrogen (secondary N) is 1. The molecule has 2 aromatic carbocycles. The zero-order chi connectivity index (χ0) is 30.7. The van der Waals surface area contributed by atoms with Crippen LogP contribution in [0.4, 0.5) is 19.7 Å². The molecule has 5 rings (SSSR count). The van der Waals surface area contributed by atoms with Crippen LogP contribution in [0.3, 0.4) is 0 Å². The third-order valence-corrected chi connectivity index (χ3v) is 8.50. The van der Waals surface area contributed by atoms with Gasteiger partial charge in [-0.05, 0) is 37.0 Å². The summed E-state index contributed by atoms with van der Waals surface area (Å²) in [5.41, 5.74) is 2.80. The van der Waals surface area contributed by atoms with Crippen molar-refractivity contribution in [1.82, 2.24) is 19.6 Å². The van der Waals surface area contributed by atoms with Crippen molar-refractivity contribution in [3.63, 3.8) is 0 Å². The molecule has 12 heteroatoms. The summed E-state index contributed by atoms with van der Waals surface area (Å²) in [7, 11) is 1.25. The number of fused-ring (bicyclic) bond motifs is 1. The van der Waals surface area contributed by atoms with E-state index in [1.807, 2.05) is 29.2 Å². The van der Waals surface area contributed by atoms with Crippen molar-refractivity contribution in [3.05, 3.63) is 82.9 Å². The van der Waals surface area contributed by atoms with E-state index in [0.717, 1.165) is 17.7 Å². The highest BCUT2D eigenvalue weighted by Crippen LogP contribution is 2.35. The maximum atomic E-state index is 14.3. The fraction of sp³-hybridized carbons (Fsp3) is 0.355. The lowest BCUT2D eigenvalue weighted by molar-refractivity contribution is -0.140. The summed E-state index contributed by atoms with van der Waals surface area (Å²) in [4.78, 5) is 57.7. The van der Waals surface area contributed by atoms with Crippen LogP contribution in [-0.4, -0.2) is 89.4 Å². The molecule has 0 aromatic heterocycles. The zero-order valence-electron chi connectivity index (χ0n) is 23.9. The van der Waals surface area contributed by atoms with Gasteiger partial charge in [0.15, 0.2) is 0 Å². The van der Waals surface area contributed by atoms with Crippen molar-refractivity contribution in [2.45, 2.75) is 31.7 Å². The lowest BCUT2D eigenvalue weighted by atomic mass is 10.0. The van der Waals surface area contributed by atoms with Crippen molar-refractivity contribution in [2.75, 3.05) is 45.2 Å². The summed E-state index contributed by atoms with van der Waals surface area (Å²) in [5.74, 6) is -1.44. The standard InChI is InChI=1S/C31H33ClFN5O5/c1-20-24(23-7-5-8-25(33)29(23)32)18-36(31(42)37(20)17-13-28(40)43-2)19-27(39)35-14-11-22(12-15-35)38-16-10-21-6-3-4-9-26(21)34-30(38)41/h3-9,18,22H,1,10-17,19H2,2H3,(H,34,41). The number of para-hydroxylation sites is 1. The van der Waals surface area contributed by atoms with E-state index < -0.39 is 17.8 Å². The minimum Gasteiger partial charge on any atom is -0.469 e. The van der Waals surface area contributed by atoms with Gasteiger partial charge in [-0.3, -0.25) is 19.4 Å². The Kier molecular flexibility index (Phi) is 9.00. The molecule has 0 saturated carbocycles. The van der Waals surface area contributed by atoms with Gasteiger partial charge in [-0.25, -0.2) is 14.0 Å². The number of urea groups is 2. The first kappa shape index (κ1) is 30.1. The number of amides is 5. The van der Waals surface area contributed by atoms with Gasteiger partial charge >= 0.3 is 18.0 Å². The molecule has 5 amide bonds. The Morgan fingerprint density at radius 2 is 1.84 bits per heavy atom. The first-order valence-corrected chi connectivity index (χ1v) is 14.5. The molecule has 1 N–H and O–H groups in total. The number of anilines is 1. The van der Waals surface area contributed by atoms with Crippen LogP contribution in [-0.2, 0) is 20.7 Å². The minimum atomic E-state index is -0.640. The van der Waals surface area contributed by atoms with E-state index in [-0.39, 0.29) is 48.2 Å². The van der Waals surface area contributed by atoms with E-state index in [4.69, 9.17) is 16.3 Å². The molecule has 0 radical (unpaired) electrons. The van der Waals surface area contributed by atoms with E-state index in [1.165, 1.54) is 35.2 Å². The third-order valence-electron chi connectivity index (χ3n) is 8.11. The number of carbonyl (C=O) groups excluding carboxylic acids is 4. The van der Waals surface area contributed by atoms with Gasteiger partial charge in [-0.1, -0.05) is 48.5 Å². The molecule has 0 atom stereocenters. The Labute approximate surface area is 254 Å². The van der Waals surface area contributed by atoms with Gasteiger partial charge in [0.2, 0.25) is 5.91 Å². The van der Waals surface area contributed by atoms with E-state index in [1.54, 1.807) is 11.0 Å². The Hall–Kier alpha value is -4.38. The number of methoxy groups -OCH3 is 1. The number of likely N-dealkylation sites (tertiary alicyclic amines) is 1. The number of halogens is 2. The molecule has 43 heavy (non-hydrogen) atoms. The first-order valence-electron chi connectivity index (χ1n) is 14.1. The highest BCUT2D eigenvalue weighted by atomic mass is 35.5. The number of allylic oxidation sites excluding steroid dienone is 1. The molecule has 1 fully saturated rings. The van der Waals surface area contributed by atoms with E-state index >= 15 is 0 Å². The molecule has 3 aliphatic heterocycles. The normalized spacial score (nSPS) is 17.7. The molecule has 0 unspecified atom stereocenters. The monoisotopic (exact) mass is 609 g/mol. The summed E-state index contributed by atoms with van der Waals surface area (Å²) in [5, 5.41) is 2.85. The molecule has 226 valence electrons. The number of nitrogens with zero attached hydrogens (tertiary/aromatic N) is 4. The van der Waals surface area contributed by atoms with Crippen LogP contribution in [0.2, 0.25) is 5.02 Å². The van der Waals surface area contributed by atoms with Crippen LogP contribution in [0.25, 0.3) is 5.57 Å². The highest BCUT2D eigenvalue weighted by Gasteiger charge is 2.35. The van der Waals surface area contributed by atoms with Crippen LogP contribution >= 0.6 is 11.6 Å². The fourth-order valence-corrected chi connectivity index (χ4v) is 5.93. The minimum absolute atomic E-state index is 0.0197. The summed E-state index contributed by atoms with van der Waals surface area (Å²) >= 11 is 6.27. The third kappa shape index (κ3) is 6.36. The summed E-state index contributed by atoms with van der Waals surface area (Å²) in [6.45, 7) is 5.12. The Bertz CT molecular complexity index is 1490. The number of ether oxygens (including phenoxy) is 1. The van der Waals surface area contributed by atoms with Gasteiger partial charge in [-0.2, -0.15) is 0 Å². The van der Waals surface area contributed by atoms with Crippen LogP contribution < -0.4 is 5.32 Å². The molecule has 0 spiro atoms. The molecule has 3 aliphatic rings. The van der Waals surface area contributed by atoms with Crippen LogP contribution in [0.5, 0.6) is 0 Å². The Morgan fingerprint density at radius 1 is 1.09 bits per heavy atom. The molecular weight excluding hydrogens is 577 g/mol. The average Bonchev–Trinajstić information content (AvgIpc) is 3.18. The summed E-state index contributed by atoms with van der Waals surface area (Å²) in [6.07, 6.45) is 3.30. The lowest BCUT2D eigenvalue weighted by Gasteiger charge is -2.39. The van der Waals surface area contributed by atoms with Crippen molar-refractivity contribution in [1.29, 1.82) is 0 Å². The van der Waals surface area contributed by atoms with Crippen molar-refractivity contribution < 1.29 is 28.3 Å². The SMILES string of the molecule is C=C1C(c2cccc(F)c2Cl)=CN(CC(=O)N2CCC(N3CCc4ccccc4NC3=O)CC2)C(=O)N1CCC(=O)OC. The fourth-order valence-electron chi connectivity index (χ4n) is 5.70. The van der Waals surface area contributed by atoms with E-state index in [9.17, 15) is 23.6 Å². The number of carbonyl (C=O) groups is 4. The molecule has 0 bridgehead atoms. The summed E-state index contributed by atoms with van der Waals surface area (Å²) in [6, 6.07) is 11.3. The Balaban J connectivity index is 1.28. The second kappa shape index (κ2) is 12.9. The van der Waals surface area contributed by atoms with Crippen LogP contribution in [0, 0.1) is 5.82 Å². The smallest absolute Gasteiger partial charge is 0.329 e. The number of rotatable bonds is 7. The maximum absolute atomic E-state index is 14.3. The topological polar surface area (TPSA) is 103 Å². The first-order chi connectivity index (χ1) is 20.7. The molecule has 10 nitrogen and oxygen atoms in total. The molecule has 0 aliphatic carbocycles. The molecule has 2 aromatic rings. The van der Waals surface area contributed by atoms with Crippen LogP contribution in [0.15, 0.2) is 60.9 Å². The number of piperidine rings is 1. The van der Waals surface area contributed by atoms with Crippen molar-refractivity contribution in [2.24, 2.45) is 0 Å². The molecular formula is C31H33ClFN5O5. The van der Waals surface area contributed by atoms with Crippen molar-refractivity contribution in [3.8, 4) is 0 Å². The quantitative estimate of drug-likeness (QED) is 0.458. The average molecular weight is 610 g/mol. The lowest BCUT2D eigenvalue weighted by Crippen LogP contribution is -2.52. The van der Waals surface area contributed by atoms with Gasteiger partial charge in [0.1, 0.15) is 12.4 Å². The number of benzene rings is 2. The van der Waals surface area contributed by atoms with Gasteiger partial charge in [0, 0.05) is 60.9 Å². The maximum Gasteiger partial charge on any atom is 0.329 e. The number of hydrogen-bond acceptors (Lipinski definition) is 5. The zero-order valence-corrected chi connectivity index (χ0v) is 24.6. The highest BCUT2D eigenvalue weighted by molar-refractivity contribution is 6.32. The van der Waals surface area contributed by atoms with E-state index in [0.29, 0.717) is 43.6 Å². The predicted molar refractivity (Wildman–Crippen MR) is 159 cm³/mol. The second-order valence-corrected chi connectivity index (χ2v) is 11.0. The Morgan fingerprint density at radius 3 is 2.58 bits per heavy atom. The van der Waals surface area contributed by atoms with Gasteiger partial charge < -0.3 is 19.9 Å². The molecule has 3 heterocycles. The predicted octanol–water partition coefficient (Wildman–Crippen LogP) is 4.72. The summed E-state index contributed by atoms with van der Waals surface area (Å²) < 4.78 is 19.0. The van der Waals surface area contributed by atoms with Crippen molar-refractivity contribution >= 4 is 46.8 Å². The largest absolute Gasteiger partial charge is 0.469 e. The van der Waals surface area contributed by atoms with Gasteiger partial charge in [-0.15, -0.1) is 0 Å².